The number of hydrogen-bond acceptors (Lipinski definition) is 4. The second kappa shape index (κ2) is 4.05. The van der Waals surface area contributed by atoms with E-state index in [-0.39, 0.29) is 19.5 Å². The van der Waals surface area contributed by atoms with Crippen LogP contribution in [0.1, 0.15) is 0 Å². The zero-order valence-electron chi connectivity index (χ0n) is 6.44. The van der Waals surface area contributed by atoms with Crippen LogP contribution in [0.3, 0.4) is 0 Å². The maximum Gasteiger partial charge on any atom is 0.295 e. The third-order valence-corrected chi connectivity index (χ3v) is 4.72. The van der Waals surface area contributed by atoms with Gasteiger partial charge in [-0.05, 0) is 49.2 Å². The van der Waals surface area contributed by atoms with Gasteiger partial charge in [0, 0.05) is 0 Å². The van der Waals surface area contributed by atoms with Crippen molar-refractivity contribution >= 4 is 47.7 Å². The Morgan fingerprint density at radius 3 is 2.21 bits per heavy atom. The number of nitrogens with zero attached hydrogens (tertiary/aromatic N) is 1. The lowest BCUT2D eigenvalue weighted by molar-refractivity contribution is 0.482. The minimum Gasteiger partial charge on any atom is -0.282 e. The maximum absolute atomic E-state index is 10.8. The molecule has 0 aliphatic carbocycles. The van der Waals surface area contributed by atoms with Gasteiger partial charge in [0.25, 0.3) is 10.1 Å². The SMILES string of the molecule is O=Nc1ccc(S(=O)(=O)O)c(Br)c1Br. The molecule has 0 bridgehead atoms. The van der Waals surface area contributed by atoms with Crippen LogP contribution in [0.15, 0.2) is 31.2 Å². The Morgan fingerprint density at radius 1 is 1.21 bits per heavy atom. The first-order chi connectivity index (χ1) is 6.38. The van der Waals surface area contributed by atoms with Gasteiger partial charge in [-0.15, -0.1) is 4.91 Å². The second-order valence-corrected chi connectivity index (χ2v) is 5.25. The summed E-state index contributed by atoms with van der Waals surface area (Å²) in [5, 5.41) is 2.65. The lowest BCUT2D eigenvalue weighted by Crippen LogP contribution is -1.99. The van der Waals surface area contributed by atoms with E-state index in [2.05, 4.69) is 37.0 Å². The fourth-order valence-corrected chi connectivity index (χ4v) is 2.86. The number of benzene rings is 1. The lowest BCUT2D eigenvalue weighted by Gasteiger charge is -2.03. The summed E-state index contributed by atoms with van der Waals surface area (Å²) in [7, 11) is -4.30. The molecule has 14 heavy (non-hydrogen) atoms. The van der Waals surface area contributed by atoms with Crippen LogP contribution in [0, 0.1) is 4.91 Å². The van der Waals surface area contributed by atoms with Crippen molar-refractivity contribution in [1.82, 2.24) is 0 Å². The first-order valence-corrected chi connectivity index (χ1v) is 6.19. The van der Waals surface area contributed by atoms with Gasteiger partial charge in [-0.25, -0.2) is 0 Å². The first-order valence-electron chi connectivity index (χ1n) is 3.16. The van der Waals surface area contributed by atoms with Crippen molar-refractivity contribution < 1.29 is 13.0 Å². The van der Waals surface area contributed by atoms with Crippen LogP contribution in [0.2, 0.25) is 0 Å². The highest BCUT2D eigenvalue weighted by atomic mass is 79.9. The topological polar surface area (TPSA) is 83.8 Å². The van der Waals surface area contributed by atoms with Crippen LogP contribution in [-0.4, -0.2) is 13.0 Å². The Bertz CT molecular complexity index is 485. The van der Waals surface area contributed by atoms with E-state index in [1.165, 1.54) is 6.07 Å². The molecule has 1 aromatic rings. The van der Waals surface area contributed by atoms with E-state index in [4.69, 9.17) is 4.55 Å². The quantitative estimate of drug-likeness (QED) is 0.660. The average Bonchev–Trinajstić information content (AvgIpc) is 2.07. The third-order valence-electron chi connectivity index (χ3n) is 1.40. The summed E-state index contributed by atoms with van der Waals surface area (Å²) in [6.45, 7) is 0. The van der Waals surface area contributed by atoms with Gasteiger partial charge < -0.3 is 0 Å². The van der Waals surface area contributed by atoms with Crippen LogP contribution in [0.4, 0.5) is 5.69 Å². The maximum atomic E-state index is 10.8. The van der Waals surface area contributed by atoms with E-state index in [1.54, 1.807) is 0 Å². The monoisotopic (exact) mass is 343 g/mol. The molecule has 0 spiro atoms. The molecule has 0 aliphatic heterocycles. The molecule has 0 aromatic heterocycles. The van der Waals surface area contributed by atoms with Crippen LogP contribution < -0.4 is 0 Å². The standard InChI is InChI=1S/C6H3Br2NO4S/c7-5-3(9-10)1-2-4(6(5)8)14(11,12)13/h1-2H,(H,11,12,13). The summed E-state index contributed by atoms with van der Waals surface area (Å²) < 4.78 is 30.6. The Morgan fingerprint density at radius 2 is 1.79 bits per heavy atom. The molecule has 76 valence electrons. The summed E-state index contributed by atoms with van der Waals surface area (Å²) >= 11 is 5.89. The van der Waals surface area contributed by atoms with Gasteiger partial charge >= 0.3 is 0 Å². The molecule has 5 nitrogen and oxygen atoms in total. The zero-order valence-corrected chi connectivity index (χ0v) is 10.4. The average molecular weight is 345 g/mol. The molecular weight excluding hydrogens is 342 g/mol. The number of nitroso groups, excluding NO2 is 1. The van der Waals surface area contributed by atoms with Crippen molar-refractivity contribution in [2.45, 2.75) is 4.90 Å². The van der Waals surface area contributed by atoms with Crippen LogP contribution in [0.25, 0.3) is 0 Å². The van der Waals surface area contributed by atoms with Crippen LogP contribution in [-0.2, 0) is 10.1 Å². The summed E-state index contributed by atoms with van der Waals surface area (Å²) in [5.74, 6) is 0. The largest absolute Gasteiger partial charge is 0.295 e. The molecule has 0 aliphatic rings. The Kier molecular flexibility index (Phi) is 3.40. The summed E-state index contributed by atoms with van der Waals surface area (Å²) in [4.78, 5) is 9.91. The summed E-state index contributed by atoms with van der Waals surface area (Å²) in [6.07, 6.45) is 0. The molecule has 0 saturated heterocycles. The van der Waals surface area contributed by atoms with E-state index in [0.29, 0.717) is 0 Å². The fourth-order valence-electron chi connectivity index (χ4n) is 0.791. The minimum absolute atomic E-state index is 0.0456. The lowest BCUT2D eigenvalue weighted by atomic mass is 10.3. The molecule has 0 saturated carbocycles. The zero-order chi connectivity index (χ0) is 10.9. The van der Waals surface area contributed by atoms with Gasteiger partial charge in [0.2, 0.25) is 0 Å². The van der Waals surface area contributed by atoms with Gasteiger partial charge in [0.05, 0.1) is 8.95 Å². The molecule has 8 heteroatoms. The summed E-state index contributed by atoms with van der Waals surface area (Å²) in [5.41, 5.74) is 0.0456. The van der Waals surface area contributed by atoms with Crippen molar-refractivity contribution in [3.8, 4) is 0 Å². The molecule has 0 unspecified atom stereocenters. The Labute approximate surface area is 96.5 Å². The predicted octanol–water partition coefficient (Wildman–Crippen LogP) is 2.86. The normalized spacial score (nSPS) is 11.4. The molecule has 1 N–H and O–H groups in total. The minimum atomic E-state index is -4.30. The Balaban J connectivity index is 3.54. The summed E-state index contributed by atoms with van der Waals surface area (Å²) in [6, 6.07) is 2.27. The third kappa shape index (κ3) is 2.19. The molecule has 1 rings (SSSR count). The molecule has 0 fully saturated rings. The van der Waals surface area contributed by atoms with Crippen LogP contribution in [0.5, 0.6) is 0 Å². The fraction of sp³-hybridized carbons (Fsp3) is 0. The molecule has 0 atom stereocenters. The van der Waals surface area contributed by atoms with E-state index in [9.17, 15) is 13.3 Å². The Hall–Kier alpha value is -0.310. The highest BCUT2D eigenvalue weighted by molar-refractivity contribution is 9.13. The van der Waals surface area contributed by atoms with Gasteiger partial charge in [0.1, 0.15) is 10.6 Å². The molecular formula is C6H3Br2NO4S. The van der Waals surface area contributed by atoms with Gasteiger partial charge in [-0.3, -0.25) is 4.55 Å². The second-order valence-electron chi connectivity index (χ2n) is 2.28. The smallest absolute Gasteiger partial charge is 0.282 e. The van der Waals surface area contributed by atoms with Crippen molar-refractivity contribution in [3.63, 3.8) is 0 Å². The van der Waals surface area contributed by atoms with E-state index < -0.39 is 10.1 Å². The van der Waals surface area contributed by atoms with Gasteiger partial charge in [0.15, 0.2) is 0 Å². The highest BCUT2D eigenvalue weighted by Gasteiger charge is 2.18. The highest BCUT2D eigenvalue weighted by Crippen LogP contribution is 2.37. The van der Waals surface area contributed by atoms with Crippen LogP contribution >= 0.6 is 31.9 Å². The van der Waals surface area contributed by atoms with Gasteiger partial charge in [-0.2, -0.15) is 8.42 Å². The van der Waals surface area contributed by atoms with Crippen molar-refractivity contribution in [1.29, 1.82) is 0 Å². The predicted molar refractivity (Wildman–Crippen MR) is 57.1 cm³/mol. The van der Waals surface area contributed by atoms with E-state index in [1.807, 2.05) is 0 Å². The van der Waals surface area contributed by atoms with Crippen molar-refractivity contribution in [3.05, 3.63) is 26.0 Å². The van der Waals surface area contributed by atoms with Crippen molar-refractivity contribution in [2.24, 2.45) is 5.18 Å². The molecule has 0 heterocycles. The number of rotatable bonds is 2. The van der Waals surface area contributed by atoms with E-state index >= 15 is 0 Å². The molecule has 1 aromatic carbocycles. The number of halogens is 2. The van der Waals surface area contributed by atoms with Gasteiger partial charge in [-0.1, -0.05) is 0 Å². The van der Waals surface area contributed by atoms with E-state index in [0.717, 1.165) is 6.07 Å². The molecule has 0 amide bonds. The number of hydrogen-bond donors (Lipinski definition) is 1. The first kappa shape index (κ1) is 11.8. The van der Waals surface area contributed by atoms with Crippen molar-refractivity contribution in [2.75, 3.05) is 0 Å². The molecule has 0 radical (unpaired) electrons.